The summed E-state index contributed by atoms with van der Waals surface area (Å²) in [5.41, 5.74) is 0.464. The molecular weight excluding hydrogens is 306 g/mol. The molecule has 1 aromatic carbocycles. The fourth-order valence-electron chi connectivity index (χ4n) is 2.63. The van der Waals surface area contributed by atoms with Crippen molar-refractivity contribution in [3.63, 3.8) is 0 Å². The highest BCUT2D eigenvalue weighted by Gasteiger charge is 2.39. The molecule has 6 nitrogen and oxygen atoms in total. The van der Waals surface area contributed by atoms with Crippen molar-refractivity contribution in [2.75, 3.05) is 20.1 Å². The van der Waals surface area contributed by atoms with Crippen molar-refractivity contribution in [2.24, 2.45) is 5.92 Å². The molecule has 118 valence electrons. The summed E-state index contributed by atoms with van der Waals surface area (Å²) in [5.74, 6) is -1.09. The molecule has 2 rings (SSSR count). The second-order valence-electron chi connectivity index (χ2n) is 5.25. The molecule has 3 amide bonds. The van der Waals surface area contributed by atoms with Crippen molar-refractivity contribution in [1.82, 2.24) is 15.5 Å². The van der Waals surface area contributed by atoms with E-state index in [1.54, 1.807) is 29.2 Å². The van der Waals surface area contributed by atoms with E-state index in [1.165, 1.54) is 14.0 Å². The van der Waals surface area contributed by atoms with Gasteiger partial charge in [-0.3, -0.25) is 14.4 Å². The van der Waals surface area contributed by atoms with Gasteiger partial charge in [0.1, 0.15) is 0 Å². The van der Waals surface area contributed by atoms with Gasteiger partial charge in [-0.25, -0.2) is 0 Å². The lowest BCUT2D eigenvalue weighted by Gasteiger charge is -2.17. The molecule has 0 aromatic heterocycles. The van der Waals surface area contributed by atoms with Crippen LogP contribution in [0.2, 0.25) is 5.02 Å². The first-order valence-corrected chi connectivity index (χ1v) is 7.33. The maximum atomic E-state index is 12.5. The van der Waals surface area contributed by atoms with Crippen LogP contribution in [0.25, 0.3) is 0 Å². The van der Waals surface area contributed by atoms with E-state index in [2.05, 4.69) is 10.6 Å². The van der Waals surface area contributed by atoms with E-state index in [0.29, 0.717) is 17.1 Å². The van der Waals surface area contributed by atoms with Crippen LogP contribution in [0.15, 0.2) is 24.3 Å². The van der Waals surface area contributed by atoms with E-state index in [1.807, 2.05) is 0 Å². The van der Waals surface area contributed by atoms with Gasteiger partial charge in [-0.1, -0.05) is 17.7 Å². The van der Waals surface area contributed by atoms with Crippen LogP contribution < -0.4 is 10.6 Å². The van der Waals surface area contributed by atoms with Gasteiger partial charge in [0.25, 0.3) is 5.91 Å². The second kappa shape index (κ2) is 6.79. The summed E-state index contributed by atoms with van der Waals surface area (Å²) < 4.78 is 0. The van der Waals surface area contributed by atoms with Gasteiger partial charge in [0.15, 0.2) is 0 Å². The Kier molecular flexibility index (Phi) is 5.03. The van der Waals surface area contributed by atoms with E-state index in [-0.39, 0.29) is 30.3 Å². The van der Waals surface area contributed by atoms with E-state index < -0.39 is 5.92 Å². The van der Waals surface area contributed by atoms with Crippen molar-refractivity contribution < 1.29 is 14.4 Å². The van der Waals surface area contributed by atoms with Crippen molar-refractivity contribution in [3.05, 3.63) is 34.9 Å². The molecule has 0 bridgehead atoms. The van der Waals surface area contributed by atoms with Crippen LogP contribution in [0, 0.1) is 5.92 Å². The Labute approximate surface area is 133 Å². The summed E-state index contributed by atoms with van der Waals surface area (Å²) >= 11 is 5.90. The van der Waals surface area contributed by atoms with Crippen LogP contribution in [0.3, 0.4) is 0 Å². The third-order valence-corrected chi connectivity index (χ3v) is 3.89. The van der Waals surface area contributed by atoms with Crippen LogP contribution in [-0.4, -0.2) is 48.8 Å². The lowest BCUT2D eigenvalue weighted by Crippen LogP contribution is -2.44. The van der Waals surface area contributed by atoms with Crippen molar-refractivity contribution in [3.8, 4) is 0 Å². The molecule has 0 aliphatic carbocycles. The van der Waals surface area contributed by atoms with Crippen molar-refractivity contribution >= 4 is 29.3 Å². The number of halogens is 1. The standard InChI is InChI=1S/C15H18ClN3O3/c1-9(20)18-13-8-19(7-12(13)14(21)17-2)15(22)10-4-3-5-11(16)6-10/h3-6,12-13H,7-8H2,1-2H3,(H,17,21)(H,18,20)/t12-,13-/m0/s1. The highest BCUT2D eigenvalue weighted by molar-refractivity contribution is 6.30. The minimum absolute atomic E-state index is 0.194. The predicted octanol–water partition coefficient (Wildman–Crippen LogP) is 0.663. The number of nitrogens with one attached hydrogen (secondary N) is 2. The summed E-state index contributed by atoms with van der Waals surface area (Å²) in [5, 5.41) is 5.78. The molecule has 2 atom stereocenters. The first-order chi connectivity index (χ1) is 10.4. The number of likely N-dealkylation sites (tertiary alicyclic amines) is 1. The quantitative estimate of drug-likeness (QED) is 0.858. The number of nitrogens with zero attached hydrogens (tertiary/aromatic N) is 1. The van der Waals surface area contributed by atoms with E-state index in [9.17, 15) is 14.4 Å². The third-order valence-electron chi connectivity index (χ3n) is 3.65. The Morgan fingerprint density at radius 2 is 2.00 bits per heavy atom. The normalized spacial score (nSPS) is 20.6. The fourth-order valence-corrected chi connectivity index (χ4v) is 2.82. The van der Waals surface area contributed by atoms with Gasteiger partial charge >= 0.3 is 0 Å². The molecule has 1 fully saturated rings. The summed E-state index contributed by atoms with van der Waals surface area (Å²) in [7, 11) is 1.54. The maximum absolute atomic E-state index is 12.5. The summed E-state index contributed by atoms with van der Waals surface area (Å²) in [4.78, 5) is 37.3. The largest absolute Gasteiger partial charge is 0.359 e. The highest BCUT2D eigenvalue weighted by atomic mass is 35.5. The molecule has 1 heterocycles. The topological polar surface area (TPSA) is 78.5 Å². The summed E-state index contributed by atoms with van der Waals surface area (Å²) in [6.45, 7) is 1.95. The van der Waals surface area contributed by atoms with Gasteiger partial charge in [0, 0.05) is 37.6 Å². The monoisotopic (exact) mass is 323 g/mol. The van der Waals surface area contributed by atoms with Crippen molar-refractivity contribution in [1.29, 1.82) is 0 Å². The average molecular weight is 324 g/mol. The van der Waals surface area contributed by atoms with E-state index in [4.69, 9.17) is 11.6 Å². The van der Waals surface area contributed by atoms with E-state index in [0.717, 1.165) is 0 Å². The zero-order chi connectivity index (χ0) is 16.3. The molecule has 0 saturated carbocycles. The van der Waals surface area contributed by atoms with Crippen molar-refractivity contribution in [2.45, 2.75) is 13.0 Å². The van der Waals surface area contributed by atoms with Crippen LogP contribution in [0.5, 0.6) is 0 Å². The van der Waals surface area contributed by atoms with Gasteiger partial charge in [-0.2, -0.15) is 0 Å². The average Bonchev–Trinajstić information content (AvgIpc) is 2.88. The first kappa shape index (κ1) is 16.3. The Hall–Kier alpha value is -2.08. The SMILES string of the molecule is CNC(=O)[C@H]1CN(C(=O)c2cccc(Cl)c2)C[C@@H]1NC(C)=O. The molecule has 1 saturated heterocycles. The molecule has 7 heteroatoms. The minimum Gasteiger partial charge on any atom is -0.359 e. The number of hydrogen-bond acceptors (Lipinski definition) is 3. The molecule has 1 aromatic rings. The Morgan fingerprint density at radius 3 is 2.59 bits per heavy atom. The molecule has 0 radical (unpaired) electrons. The smallest absolute Gasteiger partial charge is 0.253 e. The lowest BCUT2D eigenvalue weighted by atomic mass is 10.0. The van der Waals surface area contributed by atoms with Gasteiger partial charge in [-0.15, -0.1) is 0 Å². The number of carbonyl (C=O) groups excluding carboxylic acids is 3. The minimum atomic E-state index is -0.461. The molecule has 0 unspecified atom stereocenters. The lowest BCUT2D eigenvalue weighted by molar-refractivity contribution is -0.125. The number of carbonyl (C=O) groups is 3. The Morgan fingerprint density at radius 1 is 1.27 bits per heavy atom. The van der Waals surface area contributed by atoms with E-state index >= 15 is 0 Å². The fraction of sp³-hybridized carbons (Fsp3) is 0.400. The molecule has 22 heavy (non-hydrogen) atoms. The summed E-state index contributed by atoms with van der Waals surface area (Å²) in [6.07, 6.45) is 0. The van der Waals surface area contributed by atoms with Crippen LogP contribution >= 0.6 is 11.6 Å². The summed E-state index contributed by atoms with van der Waals surface area (Å²) in [6, 6.07) is 6.27. The molecule has 0 spiro atoms. The Bertz CT molecular complexity index is 605. The third kappa shape index (κ3) is 3.57. The number of amides is 3. The molecular formula is C15H18ClN3O3. The van der Waals surface area contributed by atoms with Gasteiger partial charge < -0.3 is 15.5 Å². The molecule has 2 N–H and O–H groups in total. The second-order valence-corrected chi connectivity index (χ2v) is 5.68. The number of rotatable bonds is 3. The number of hydrogen-bond donors (Lipinski definition) is 2. The van der Waals surface area contributed by atoms with Crippen LogP contribution in [0.4, 0.5) is 0 Å². The van der Waals surface area contributed by atoms with Crippen LogP contribution in [-0.2, 0) is 9.59 Å². The molecule has 1 aliphatic heterocycles. The zero-order valence-electron chi connectivity index (χ0n) is 12.4. The Balaban J connectivity index is 2.17. The highest BCUT2D eigenvalue weighted by Crippen LogP contribution is 2.21. The maximum Gasteiger partial charge on any atom is 0.253 e. The van der Waals surface area contributed by atoms with Gasteiger partial charge in [0.05, 0.1) is 12.0 Å². The first-order valence-electron chi connectivity index (χ1n) is 6.96. The number of benzene rings is 1. The van der Waals surface area contributed by atoms with Gasteiger partial charge in [-0.05, 0) is 18.2 Å². The zero-order valence-corrected chi connectivity index (χ0v) is 13.2. The van der Waals surface area contributed by atoms with Gasteiger partial charge in [0.2, 0.25) is 11.8 Å². The molecule has 1 aliphatic rings. The predicted molar refractivity (Wildman–Crippen MR) is 82.5 cm³/mol. The van der Waals surface area contributed by atoms with Crippen LogP contribution in [0.1, 0.15) is 17.3 Å².